The van der Waals surface area contributed by atoms with Crippen molar-refractivity contribution in [2.45, 2.75) is 46.2 Å². The molecule has 106 valence electrons. The fourth-order valence-electron chi connectivity index (χ4n) is 2.85. The van der Waals surface area contributed by atoms with Gasteiger partial charge < -0.3 is 9.88 Å². The summed E-state index contributed by atoms with van der Waals surface area (Å²) >= 11 is 0. The van der Waals surface area contributed by atoms with E-state index >= 15 is 0 Å². The molecule has 0 saturated carbocycles. The second-order valence-corrected chi connectivity index (χ2v) is 5.64. The molecule has 0 fully saturated rings. The molecule has 2 heterocycles. The summed E-state index contributed by atoms with van der Waals surface area (Å²) in [7, 11) is 0. The predicted molar refractivity (Wildman–Crippen MR) is 79.8 cm³/mol. The Morgan fingerprint density at radius 2 is 2.10 bits per heavy atom. The van der Waals surface area contributed by atoms with Crippen LogP contribution in [0.15, 0.2) is 18.2 Å². The smallest absolute Gasteiger partial charge is 0.150 e. The summed E-state index contributed by atoms with van der Waals surface area (Å²) in [6, 6.07) is 7.00. The van der Waals surface area contributed by atoms with Crippen LogP contribution in [-0.2, 0) is 13.0 Å². The van der Waals surface area contributed by atoms with E-state index < -0.39 is 0 Å². The van der Waals surface area contributed by atoms with Crippen LogP contribution in [0.5, 0.6) is 0 Å². The zero-order valence-corrected chi connectivity index (χ0v) is 12.5. The van der Waals surface area contributed by atoms with E-state index in [4.69, 9.17) is 0 Å². The van der Waals surface area contributed by atoms with Crippen molar-refractivity contribution in [3.8, 4) is 0 Å². The summed E-state index contributed by atoms with van der Waals surface area (Å²) in [4.78, 5) is 0. The highest BCUT2D eigenvalue weighted by Gasteiger charge is 2.23. The molecular weight excluding hydrogens is 248 g/mol. The number of nitrogens with zero attached hydrogens (tertiary/aromatic N) is 3. The third-order valence-corrected chi connectivity index (χ3v) is 4.24. The first kappa shape index (κ1) is 13.3. The van der Waals surface area contributed by atoms with E-state index in [2.05, 4.69) is 59.1 Å². The largest absolute Gasteiger partial charge is 0.312 e. The number of benzene rings is 1. The summed E-state index contributed by atoms with van der Waals surface area (Å²) in [6.07, 6.45) is 1.92. The van der Waals surface area contributed by atoms with Crippen molar-refractivity contribution in [1.82, 2.24) is 20.1 Å². The Bertz CT molecular complexity index is 615. The van der Waals surface area contributed by atoms with Gasteiger partial charge in [0.15, 0.2) is 0 Å². The number of nitrogens with one attached hydrogen (secondary N) is 1. The van der Waals surface area contributed by atoms with Gasteiger partial charge in [0.1, 0.15) is 11.6 Å². The molecule has 0 bridgehead atoms. The van der Waals surface area contributed by atoms with Crippen molar-refractivity contribution in [1.29, 1.82) is 0 Å². The first-order valence-corrected chi connectivity index (χ1v) is 7.40. The maximum atomic E-state index is 4.42. The second-order valence-electron chi connectivity index (χ2n) is 5.64. The zero-order valence-electron chi connectivity index (χ0n) is 12.5. The Hall–Kier alpha value is -1.68. The normalized spacial score (nSPS) is 18.1. The molecule has 1 aromatic carbocycles. The lowest BCUT2D eigenvalue weighted by Crippen LogP contribution is -2.34. The summed E-state index contributed by atoms with van der Waals surface area (Å²) < 4.78 is 2.29. The van der Waals surface area contributed by atoms with Crippen molar-refractivity contribution >= 4 is 0 Å². The fourth-order valence-corrected chi connectivity index (χ4v) is 2.85. The van der Waals surface area contributed by atoms with E-state index in [-0.39, 0.29) is 0 Å². The molecular formula is C16H22N4. The minimum absolute atomic E-state index is 0.352. The first-order valence-electron chi connectivity index (χ1n) is 7.40. The molecule has 1 aliphatic rings. The highest BCUT2D eigenvalue weighted by atomic mass is 15.3. The molecule has 3 rings (SSSR count). The molecule has 1 unspecified atom stereocenters. The molecule has 1 N–H and O–H groups in total. The molecule has 0 aliphatic carbocycles. The molecule has 1 atom stereocenters. The molecule has 0 saturated heterocycles. The van der Waals surface area contributed by atoms with Crippen LogP contribution in [0.2, 0.25) is 0 Å². The average Bonchev–Trinajstić information content (AvgIpc) is 2.86. The van der Waals surface area contributed by atoms with Gasteiger partial charge in [-0.05, 0) is 37.0 Å². The topological polar surface area (TPSA) is 42.7 Å². The average molecular weight is 270 g/mol. The van der Waals surface area contributed by atoms with Gasteiger partial charge in [0.2, 0.25) is 0 Å². The van der Waals surface area contributed by atoms with Crippen molar-refractivity contribution in [3.05, 3.63) is 46.5 Å². The molecule has 2 aromatic rings. The number of rotatable bonds is 3. The lowest BCUT2D eigenvalue weighted by molar-refractivity contribution is 0.401. The minimum atomic E-state index is 0.352. The van der Waals surface area contributed by atoms with E-state index in [1.807, 2.05) is 0 Å². The maximum Gasteiger partial charge on any atom is 0.150 e. The van der Waals surface area contributed by atoms with Crippen molar-refractivity contribution in [2.24, 2.45) is 0 Å². The van der Waals surface area contributed by atoms with Gasteiger partial charge >= 0.3 is 0 Å². The molecule has 20 heavy (non-hydrogen) atoms. The first-order chi connectivity index (χ1) is 9.69. The van der Waals surface area contributed by atoms with Crippen LogP contribution in [-0.4, -0.2) is 21.3 Å². The SMILES string of the molecule is CCC1NCCn2c(Cc3ccc(C)c(C)c3)nnc21. The summed E-state index contributed by atoms with van der Waals surface area (Å²) in [5, 5.41) is 12.3. The van der Waals surface area contributed by atoms with Crippen LogP contribution < -0.4 is 5.32 Å². The Balaban J connectivity index is 1.88. The molecule has 0 amide bonds. The number of aromatic nitrogens is 3. The number of fused-ring (bicyclic) bond motifs is 1. The van der Waals surface area contributed by atoms with Gasteiger partial charge in [-0.3, -0.25) is 0 Å². The van der Waals surface area contributed by atoms with E-state index in [1.165, 1.54) is 16.7 Å². The summed E-state index contributed by atoms with van der Waals surface area (Å²) in [5.74, 6) is 2.18. The lowest BCUT2D eigenvalue weighted by atomic mass is 10.0. The van der Waals surface area contributed by atoms with Gasteiger partial charge in [-0.1, -0.05) is 25.1 Å². The molecule has 1 aromatic heterocycles. The Labute approximate surface area is 120 Å². The number of aryl methyl sites for hydroxylation is 2. The van der Waals surface area contributed by atoms with Crippen LogP contribution in [0, 0.1) is 13.8 Å². The molecule has 0 spiro atoms. The van der Waals surface area contributed by atoms with Gasteiger partial charge in [0.05, 0.1) is 6.04 Å². The Kier molecular flexibility index (Phi) is 3.57. The molecule has 4 heteroatoms. The lowest BCUT2D eigenvalue weighted by Gasteiger charge is -2.24. The number of hydrogen-bond donors (Lipinski definition) is 1. The maximum absolute atomic E-state index is 4.42. The van der Waals surface area contributed by atoms with E-state index in [0.717, 1.165) is 37.6 Å². The minimum Gasteiger partial charge on any atom is -0.312 e. The van der Waals surface area contributed by atoms with Crippen LogP contribution >= 0.6 is 0 Å². The highest BCUT2D eigenvalue weighted by Crippen LogP contribution is 2.21. The number of hydrogen-bond acceptors (Lipinski definition) is 3. The van der Waals surface area contributed by atoms with Crippen molar-refractivity contribution < 1.29 is 0 Å². The van der Waals surface area contributed by atoms with Crippen LogP contribution in [0.25, 0.3) is 0 Å². The molecule has 0 radical (unpaired) electrons. The third kappa shape index (κ3) is 2.36. The standard InChI is InChI=1S/C16H22N4/c1-4-14-16-19-18-15(20(16)8-7-17-14)10-13-6-5-11(2)12(3)9-13/h5-6,9,14,17H,4,7-8,10H2,1-3H3. The third-order valence-electron chi connectivity index (χ3n) is 4.24. The quantitative estimate of drug-likeness (QED) is 0.932. The van der Waals surface area contributed by atoms with Crippen LogP contribution in [0.4, 0.5) is 0 Å². The Morgan fingerprint density at radius 1 is 1.25 bits per heavy atom. The molecule has 1 aliphatic heterocycles. The van der Waals surface area contributed by atoms with Gasteiger partial charge in [-0.2, -0.15) is 0 Å². The summed E-state index contributed by atoms with van der Waals surface area (Å²) in [5.41, 5.74) is 4.00. The van der Waals surface area contributed by atoms with Crippen LogP contribution in [0.1, 0.15) is 47.7 Å². The van der Waals surface area contributed by atoms with Gasteiger partial charge in [-0.15, -0.1) is 10.2 Å². The summed E-state index contributed by atoms with van der Waals surface area (Å²) in [6.45, 7) is 8.47. The van der Waals surface area contributed by atoms with Crippen molar-refractivity contribution in [3.63, 3.8) is 0 Å². The van der Waals surface area contributed by atoms with Crippen molar-refractivity contribution in [2.75, 3.05) is 6.54 Å². The molecule has 4 nitrogen and oxygen atoms in total. The predicted octanol–water partition coefficient (Wildman–Crippen LogP) is 2.54. The second kappa shape index (κ2) is 5.37. The Morgan fingerprint density at radius 3 is 2.85 bits per heavy atom. The van der Waals surface area contributed by atoms with Gasteiger partial charge in [0.25, 0.3) is 0 Å². The van der Waals surface area contributed by atoms with E-state index in [9.17, 15) is 0 Å². The van der Waals surface area contributed by atoms with Gasteiger partial charge in [-0.25, -0.2) is 0 Å². The van der Waals surface area contributed by atoms with E-state index in [1.54, 1.807) is 0 Å². The van der Waals surface area contributed by atoms with Crippen LogP contribution in [0.3, 0.4) is 0 Å². The monoisotopic (exact) mass is 270 g/mol. The van der Waals surface area contributed by atoms with E-state index in [0.29, 0.717) is 6.04 Å². The highest BCUT2D eigenvalue weighted by molar-refractivity contribution is 5.31. The zero-order chi connectivity index (χ0) is 14.1. The fraction of sp³-hybridized carbons (Fsp3) is 0.500. The van der Waals surface area contributed by atoms with Gasteiger partial charge in [0, 0.05) is 19.5 Å².